The highest BCUT2D eigenvalue weighted by Crippen LogP contribution is 2.28. The summed E-state index contributed by atoms with van der Waals surface area (Å²) in [6.45, 7) is 1.18. The number of hydrogen-bond acceptors (Lipinski definition) is 6. The molecule has 0 saturated heterocycles. The number of esters is 1. The summed E-state index contributed by atoms with van der Waals surface area (Å²) in [5, 5.41) is 13.4. The molecule has 0 saturated carbocycles. The second kappa shape index (κ2) is 7.91. The van der Waals surface area contributed by atoms with Gasteiger partial charge in [0, 0.05) is 12.1 Å². The largest absolute Gasteiger partial charge is 0.497 e. The second-order valence-corrected chi connectivity index (χ2v) is 5.08. The van der Waals surface area contributed by atoms with Crippen molar-refractivity contribution in [2.75, 3.05) is 19.0 Å². The zero-order valence-electron chi connectivity index (χ0n) is 13.6. The SMILES string of the molecule is COc1ccc([N+](=O)[O-])c(NC(=O)COC(=O)c2ccccc2C)c1. The minimum atomic E-state index is -0.696. The monoisotopic (exact) mass is 344 g/mol. The van der Waals surface area contributed by atoms with Gasteiger partial charge in [0.05, 0.1) is 17.6 Å². The number of ether oxygens (including phenoxy) is 2. The maximum atomic E-state index is 12.0. The predicted octanol–water partition coefficient (Wildman–Crippen LogP) is 2.71. The number of benzene rings is 2. The number of nitro benzene ring substituents is 1. The summed E-state index contributed by atoms with van der Waals surface area (Å²) in [7, 11) is 1.40. The number of methoxy groups -OCH3 is 1. The Bertz CT molecular complexity index is 819. The van der Waals surface area contributed by atoms with E-state index in [-0.39, 0.29) is 11.4 Å². The van der Waals surface area contributed by atoms with E-state index in [9.17, 15) is 19.7 Å². The summed E-state index contributed by atoms with van der Waals surface area (Å²) in [4.78, 5) is 34.3. The van der Waals surface area contributed by atoms with Crippen LogP contribution in [0, 0.1) is 17.0 Å². The van der Waals surface area contributed by atoms with Crippen LogP contribution < -0.4 is 10.1 Å². The summed E-state index contributed by atoms with van der Waals surface area (Å²) in [5.74, 6) is -0.996. The number of amides is 1. The van der Waals surface area contributed by atoms with Gasteiger partial charge in [-0.15, -0.1) is 0 Å². The van der Waals surface area contributed by atoms with Crippen LogP contribution in [0.3, 0.4) is 0 Å². The molecule has 0 bridgehead atoms. The van der Waals surface area contributed by atoms with Gasteiger partial charge >= 0.3 is 5.97 Å². The fourth-order valence-electron chi connectivity index (χ4n) is 2.10. The molecule has 0 radical (unpaired) electrons. The maximum absolute atomic E-state index is 12.0. The van der Waals surface area contributed by atoms with E-state index in [0.717, 1.165) is 5.56 Å². The molecule has 0 spiro atoms. The molecule has 130 valence electrons. The lowest BCUT2D eigenvalue weighted by atomic mass is 10.1. The molecular formula is C17H16N2O6. The maximum Gasteiger partial charge on any atom is 0.338 e. The van der Waals surface area contributed by atoms with Crippen LogP contribution in [-0.4, -0.2) is 30.5 Å². The number of nitro groups is 1. The molecule has 0 aliphatic carbocycles. The topological polar surface area (TPSA) is 108 Å². The Morgan fingerprint density at radius 3 is 2.56 bits per heavy atom. The fourth-order valence-corrected chi connectivity index (χ4v) is 2.10. The van der Waals surface area contributed by atoms with Crippen LogP contribution in [0.15, 0.2) is 42.5 Å². The minimum Gasteiger partial charge on any atom is -0.497 e. The normalized spacial score (nSPS) is 10.0. The van der Waals surface area contributed by atoms with E-state index in [1.54, 1.807) is 31.2 Å². The zero-order valence-corrected chi connectivity index (χ0v) is 13.6. The Morgan fingerprint density at radius 2 is 1.92 bits per heavy atom. The number of nitrogens with one attached hydrogen (secondary N) is 1. The van der Waals surface area contributed by atoms with Gasteiger partial charge in [0.25, 0.3) is 11.6 Å². The first-order valence-corrected chi connectivity index (χ1v) is 7.27. The van der Waals surface area contributed by atoms with Crippen molar-refractivity contribution in [1.82, 2.24) is 0 Å². The van der Waals surface area contributed by atoms with Gasteiger partial charge in [-0.3, -0.25) is 14.9 Å². The number of anilines is 1. The molecule has 1 N–H and O–H groups in total. The molecule has 2 rings (SSSR count). The lowest BCUT2D eigenvalue weighted by molar-refractivity contribution is -0.383. The van der Waals surface area contributed by atoms with E-state index in [2.05, 4.69) is 5.32 Å². The number of carbonyl (C=O) groups is 2. The van der Waals surface area contributed by atoms with Crippen molar-refractivity contribution < 1.29 is 24.0 Å². The molecule has 1 amide bonds. The molecular weight excluding hydrogens is 328 g/mol. The Kier molecular flexibility index (Phi) is 5.67. The van der Waals surface area contributed by atoms with Crippen LogP contribution in [0.4, 0.5) is 11.4 Å². The Balaban J connectivity index is 2.04. The molecule has 2 aromatic carbocycles. The lowest BCUT2D eigenvalue weighted by Crippen LogP contribution is -2.21. The van der Waals surface area contributed by atoms with Gasteiger partial charge < -0.3 is 14.8 Å². The van der Waals surface area contributed by atoms with Gasteiger partial charge in [-0.05, 0) is 24.6 Å². The van der Waals surface area contributed by atoms with Crippen LogP contribution in [0.1, 0.15) is 15.9 Å². The van der Waals surface area contributed by atoms with Crippen LogP contribution in [0.5, 0.6) is 5.75 Å². The Hall–Kier alpha value is -3.42. The third-order valence-corrected chi connectivity index (χ3v) is 3.37. The quantitative estimate of drug-likeness (QED) is 0.490. The van der Waals surface area contributed by atoms with Crippen molar-refractivity contribution in [1.29, 1.82) is 0 Å². The highest BCUT2D eigenvalue weighted by atomic mass is 16.6. The first-order valence-electron chi connectivity index (χ1n) is 7.27. The van der Waals surface area contributed by atoms with Crippen molar-refractivity contribution in [2.45, 2.75) is 6.92 Å². The molecule has 2 aromatic rings. The van der Waals surface area contributed by atoms with Crippen LogP contribution >= 0.6 is 0 Å². The third-order valence-electron chi connectivity index (χ3n) is 3.37. The van der Waals surface area contributed by atoms with Gasteiger partial charge in [0.2, 0.25) is 0 Å². The van der Waals surface area contributed by atoms with Crippen LogP contribution in [0.2, 0.25) is 0 Å². The van der Waals surface area contributed by atoms with Crippen molar-refractivity contribution in [3.63, 3.8) is 0 Å². The summed E-state index contributed by atoms with van der Waals surface area (Å²) < 4.78 is 9.93. The standard InChI is InChI=1S/C17H16N2O6/c1-11-5-3-4-6-13(11)17(21)25-10-16(20)18-14-9-12(24-2)7-8-15(14)19(22)23/h3-9H,10H2,1-2H3,(H,18,20). The first-order chi connectivity index (χ1) is 11.9. The highest BCUT2D eigenvalue weighted by Gasteiger charge is 2.18. The Labute approximate surface area is 143 Å². The van der Waals surface area contributed by atoms with E-state index < -0.39 is 23.4 Å². The Morgan fingerprint density at radius 1 is 1.20 bits per heavy atom. The molecule has 8 heteroatoms. The molecule has 0 aromatic heterocycles. The van der Waals surface area contributed by atoms with E-state index in [1.807, 2.05) is 0 Å². The molecule has 0 aliphatic rings. The minimum absolute atomic E-state index is 0.0405. The van der Waals surface area contributed by atoms with Crippen LogP contribution in [-0.2, 0) is 9.53 Å². The van der Waals surface area contributed by atoms with Gasteiger partial charge in [0.1, 0.15) is 11.4 Å². The van der Waals surface area contributed by atoms with Gasteiger partial charge in [-0.1, -0.05) is 18.2 Å². The smallest absolute Gasteiger partial charge is 0.338 e. The molecule has 25 heavy (non-hydrogen) atoms. The van der Waals surface area contributed by atoms with Crippen molar-refractivity contribution in [3.8, 4) is 5.75 Å². The van der Waals surface area contributed by atoms with E-state index in [4.69, 9.17) is 9.47 Å². The second-order valence-electron chi connectivity index (χ2n) is 5.08. The summed E-state index contributed by atoms with van der Waals surface area (Å²) >= 11 is 0. The molecule has 0 aliphatic heterocycles. The third kappa shape index (κ3) is 4.54. The van der Waals surface area contributed by atoms with E-state index in [0.29, 0.717) is 11.3 Å². The number of hydrogen-bond donors (Lipinski definition) is 1. The molecule has 0 atom stereocenters. The van der Waals surface area contributed by atoms with Crippen LogP contribution in [0.25, 0.3) is 0 Å². The first kappa shape index (κ1) is 17.9. The van der Waals surface area contributed by atoms with Gasteiger partial charge in [-0.2, -0.15) is 0 Å². The lowest BCUT2D eigenvalue weighted by Gasteiger charge is -2.09. The molecule has 0 fully saturated rings. The number of aryl methyl sites for hydroxylation is 1. The zero-order chi connectivity index (χ0) is 18.4. The van der Waals surface area contributed by atoms with Gasteiger partial charge in [0.15, 0.2) is 6.61 Å². The summed E-state index contributed by atoms with van der Waals surface area (Å²) in [6.07, 6.45) is 0. The van der Waals surface area contributed by atoms with Crippen molar-refractivity contribution in [3.05, 3.63) is 63.7 Å². The van der Waals surface area contributed by atoms with E-state index >= 15 is 0 Å². The number of nitrogens with zero attached hydrogens (tertiary/aromatic N) is 1. The van der Waals surface area contributed by atoms with Gasteiger partial charge in [-0.25, -0.2) is 4.79 Å². The van der Waals surface area contributed by atoms with Crippen molar-refractivity contribution in [2.24, 2.45) is 0 Å². The molecule has 8 nitrogen and oxygen atoms in total. The summed E-state index contributed by atoms with van der Waals surface area (Å²) in [6, 6.07) is 10.7. The summed E-state index contributed by atoms with van der Waals surface area (Å²) in [5.41, 5.74) is 0.736. The molecule has 0 unspecified atom stereocenters. The number of rotatable bonds is 6. The average molecular weight is 344 g/mol. The fraction of sp³-hybridized carbons (Fsp3) is 0.176. The number of carbonyl (C=O) groups excluding carboxylic acids is 2. The predicted molar refractivity (Wildman–Crippen MR) is 89.7 cm³/mol. The molecule has 0 heterocycles. The highest BCUT2D eigenvalue weighted by molar-refractivity contribution is 5.97. The van der Waals surface area contributed by atoms with E-state index in [1.165, 1.54) is 25.3 Å². The van der Waals surface area contributed by atoms with Crippen molar-refractivity contribution >= 4 is 23.3 Å². The average Bonchev–Trinajstić information content (AvgIpc) is 2.59.